The van der Waals surface area contributed by atoms with E-state index in [-0.39, 0.29) is 18.6 Å². The molecule has 21 heavy (non-hydrogen) atoms. The Morgan fingerprint density at radius 3 is 3.05 bits per heavy atom. The molecule has 1 aliphatic heterocycles. The molecule has 1 aliphatic rings. The molecule has 3 N–H and O–H groups in total. The first-order valence-electron chi connectivity index (χ1n) is 7.04. The fraction of sp³-hybridized carbons (Fsp3) is 0.467. The molecule has 1 aromatic rings. The highest BCUT2D eigenvalue weighted by atomic mass is 32.1. The summed E-state index contributed by atoms with van der Waals surface area (Å²) in [5, 5.41) is 2.75. The number of thiocarbonyl (C=S) groups is 1. The van der Waals surface area contributed by atoms with Gasteiger partial charge in [-0.1, -0.05) is 24.4 Å². The van der Waals surface area contributed by atoms with Crippen molar-refractivity contribution in [3.8, 4) is 0 Å². The lowest BCUT2D eigenvalue weighted by Crippen LogP contribution is -2.27. The lowest BCUT2D eigenvalue weighted by atomic mass is 10.1. The van der Waals surface area contributed by atoms with Crippen molar-refractivity contribution in [2.45, 2.75) is 25.4 Å². The number of carbonyl (C=O) groups excluding carboxylic acids is 1. The van der Waals surface area contributed by atoms with Crippen molar-refractivity contribution in [1.29, 1.82) is 0 Å². The van der Waals surface area contributed by atoms with Gasteiger partial charge in [0.05, 0.1) is 12.7 Å². The number of hydrogen-bond acceptors (Lipinski definition) is 4. The predicted molar refractivity (Wildman–Crippen MR) is 85.4 cm³/mol. The Morgan fingerprint density at radius 2 is 2.33 bits per heavy atom. The number of nitrogens with two attached hydrogens (primary N) is 1. The summed E-state index contributed by atoms with van der Waals surface area (Å²) in [5.41, 5.74) is 6.93. The second kappa shape index (κ2) is 8.07. The van der Waals surface area contributed by atoms with E-state index in [0.717, 1.165) is 31.4 Å². The van der Waals surface area contributed by atoms with Gasteiger partial charge in [-0.25, -0.2) is 0 Å². The maximum Gasteiger partial charge on any atom is 0.250 e. The summed E-state index contributed by atoms with van der Waals surface area (Å²) in [6.45, 7) is 1.25. The summed E-state index contributed by atoms with van der Waals surface area (Å²) in [4.78, 5) is 12.1. The molecule has 1 aromatic carbocycles. The van der Waals surface area contributed by atoms with E-state index in [0.29, 0.717) is 17.3 Å². The van der Waals surface area contributed by atoms with Crippen molar-refractivity contribution >= 4 is 28.8 Å². The van der Waals surface area contributed by atoms with Gasteiger partial charge in [-0.15, -0.1) is 0 Å². The molecule has 0 bridgehead atoms. The van der Waals surface area contributed by atoms with Crippen molar-refractivity contribution in [2.24, 2.45) is 5.73 Å². The van der Waals surface area contributed by atoms with Gasteiger partial charge in [0, 0.05) is 17.9 Å². The summed E-state index contributed by atoms with van der Waals surface area (Å²) >= 11 is 4.90. The highest BCUT2D eigenvalue weighted by Gasteiger charge is 2.14. The molecule has 0 radical (unpaired) electrons. The van der Waals surface area contributed by atoms with E-state index in [4.69, 9.17) is 27.4 Å². The van der Waals surface area contributed by atoms with Gasteiger partial charge in [0.15, 0.2) is 0 Å². The third-order valence-electron chi connectivity index (χ3n) is 3.24. The van der Waals surface area contributed by atoms with Crippen LogP contribution in [0, 0.1) is 0 Å². The van der Waals surface area contributed by atoms with Gasteiger partial charge in [-0.3, -0.25) is 4.79 Å². The third kappa shape index (κ3) is 5.41. The number of benzene rings is 1. The Labute approximate surface area is 129 Å². The van der Waals surface area contributed by atoms with Gasteiger partial charge in [-0.05, 0) is 31.4 Å². The lowest BCUT2D eigenvalue weighted by molar-refractivity contribution is -0.122. The van der Waals surface area contributed by atoms with Crippen LogP contribution in [-0.4, -0.2) is 36.8 Å². The van der Waals surface area contributed by atoms with Crippen LogP contribution in [0.1, 0.15) is 24.8 Å². The summed E-state index contributed by atoms with van der Waals surface area (Å²) in [6.07, 6.45) is 3.38. The first-order chi connectivity index (χ1) is 10.1. The lowest BCUT2D eigenvalue weighted by Gasteiger charge is -2.22. The Bertz CT molecular complexity index is 501. The molecule has 1 fully saturated rings. The summed E-state index contributed by atoms with van der Waals surface area (Å²) < 4.78 is 10.9. The molecular formula is C15H20N2O3S. The maximum absolute atomic E-state index is 11.8. The molecule has 1 amide bonds. The fourth-order valence-electron chi connectivity index (χ4n) is 2.17. The van der Waals surface area contributed by atoms with Crippen LogP contribution in [0.25, 0.3) is 0 Å². The second-order valence-corrected chi connectivity index (χ2v) is 5.44. The number of ether oxygens (including phenoxy) is 2. The van der Waals surface area contributed by atoms with Gasteiger partial charge in [-0.2, -0.15) is 0 Å². The van der Waals surface area contributed by atoms with Gasteiger partial charge >= 0.3 is 0 Å². The van der Waals surface area contributed by atoms with Crippen molar-refractivity contribution in [1.82, 2.24) is 0 Å². The van der Waals surface area contributed by atoms with Crippen LogP contribution in [0.15, 0.2) is 24.3 Å². The highest BCUT2D eigenvalue weighted by Crippen LogP contribution is 2.13. The number of hydrogen-bond donors (Lipinski definition) is 2. The molecule has 0 aliphatic carbocycles. The third-order valence-corrected chi connectivity index (χ3v) is 3.48. The van der Waals surface area contributed by atoms with Crippen molar-refractivity contribution in [2.75, 3.05) is 25.1 Å². The van der Waals surface area contributed by atoms with Crippen LogP contribution in [0.2, 0.25) is 0 Å². The molecule has 114 valence electrons. The molecule has 1 heterocycles. The van der Waals surface area contributed by atoms with E-state index in [9.17, 15) is 4.79 Å². The van der Waals surface area contributed by atoms with Crippen LogP contribution in [0.5, 0.6) is 0 Å². The van der Waals surface area contributed by atoms with Crippen molar-refractivity contribution in [3.05, 3.63) is 29.8 Å². The zero-order valence-corrected chi connectivity index (χ0v) is 12.7. The van der Waals surface area contributed by atoms with Crippen LogP contribution < -0.4 is 11.1 Å². The fourth-order valence-corrected chi connectivity index (χ4v) is 2.30. The van der Waals surface area contributed by atoms with Gasteiger partial charge in [0.2, 0.25) is 5.91 Å². The minimum absolute atomic E-state index is 0.0111. The first kappa shape index (κ1) is 15.9. The molecule has 0 spiro atoms. The Morgan fingerprint density at radius 1 is 1.48 bits per heavy atom. The molecule has 0 saturated carbocycles. The number of anilines is 1. The number of nitrogens with one attached hydrogen (secondary N) is 1. The normalized spacial score (nSPS) is 18.2. The minimum Gasteiger partial charge on any atom is -0.389 e. The Kier molecular flexibility index (Phi) is 6.10. The molecule has 1 atom stereocenters. The van der Waals surface area contributed by atoms with Crippen molar-refractivity contribution < 1.29 is 14.3 Å². The van der Waals surface area contributed by atoms with Crippen molar-refractivity contribution in [3.63, 3.8) is 0 Å². The predicted octanol–water partition coefficient (Wildman–Crippen LogP) is 1.84. The minimum atomic E-state index is -0.203. The van der Waals surface area contributed by atoms with Crippen LogP contribution in [-0.2, 0) is 14.3 Å². The average Bonchev–Trinajstić information content (AvgIpc) is 2.48. The topological polar surface area (TPSA) is 73.6 Å². The number of carbonyl (C=O) groups is 1. The second-order valence-electron chi connectivity index (χ2n) is 5.00. The van der Waals surface area contributed by atoms with Crippen LogP contribution >= 0.6 is 12.2 Å². The summed E-state index contributed by atoms with van der Waals surface area (Å²) in [6, 6.07) is 7.12. The van der Waals surface area contributed by atoms with E-state index < -0.39 is 0 Å². The molecule has 5 nitrogen and oxygen atoms in total. The van der Waals surface area contributed by atoms with Gasteiger partial charge < -0.3 is 20.5 Å². The van der Waals surface area contributed by atoms with Gasteiger partial charge in [0.25, 0.3) is 0 Å². The Hall–Kier alpha value is -1.50. The monoisotopic (exact) mass is 308 g/mol. The molecule has 2 rings (SSSR count). The van der Waals surface area contributed by atoms with E-state index in [1.165, 1.54) is 0 Å². The SMILES string of the molecule is NC(=S)c1cccc(NC(=O)COCC2CCCCO2)c1. The van der Waals surface area contributed by atoms with Crippen LogP contribution in [0.4, 0.5) is 5.69 Å². The number of amides is 1. The van der Waals surface area contributed by atoms with E-state index in [1.54, 1.807) is 24.3 Å². The van der Waals surface area contributed by atoms with E-state index >= 15 is 0 Å². The molecule has 6 heteroatoms. The quantitative estimate of drug-likeness (QED) is 0.785. The molecule has 0 aromatic heterocycles. The highest BCUT2D eigenvalue weighted by molar-refractivity contribution is 7.80. The summed E-state index contributed by atoms with van der Waals surface area (Å²) in [5.74, 6) is -0.203. The molecular weight excluding hydrogens is 288 g/mol. The zero-order chi connectivity index (χ0) is 15.1. The zero-order valence-electron chi connectivity index (χ0n) is 11.8. The molecule has 1 saturated heterocycles. The van der Waals surface area contributed by atoms with E-state index in [2.05, 4.69) is 5.32 Å². The average molecular weight is 308 g/mol. The smallest absolute Gasteiger partial charge is 0.250 e. The maximum atomic E-state index is 11.8. The first-order valence-corrected chi connectivity index (χ1v) is 7.45. The summed E-state index contributed by atoms with van der Waals surface area (Å²) in [7, 11) is 0. The van der Waals surface area contributed by atoms with E-state index in [1.807, 2.05) is 0 Å². The Balaban J connectivity index is 1.73. The molecule has 1 unspecified atom stereocenters. The standard InChI is InChI=1S/C15H20N2O3S/c16-15(21)11-4-3-5-12(8-11)17-14(18)10-19-9-13-6-1-2-7-20-13/h3-5,8,13H,1-2,6-7,9-10H2,(H2,16,21)(H,17,18). The van der Waals surface area contributed by atoms with Gasteiger partial charge in [0.1, 0.15) is 11.6 Å². The largest absolute Gasteiger partial charge is 0.389 e. The van der Waals surface area contributed by atoms with Crippen LogP contribution in [0.3, 0.4) is 0 Å². The number of rotatable bonds is 6.